The molecule has 2 aromatic carbocycles. The molecule has 3 rings (SSSR count). The lowest BCUT2D eigenvalue weighted by molar-refractivity contribution is 0.0997. The van der Waals surface area contributed by atoms with Gasteiger partial charge < -0.3 is 14.0 Å². The van der Waals surface area contributed by atoms with Crippen LogP contribution in [0, 0.1) is 0 Å². The number of carbonyl (C=O) groups is 1. The number of ether oxygens (including phenoxy) is 2. The molecule has 1 heterocycles. The van der Waals surface area contributed by atoms with Crippen molar-refractivity contribution in [1.29, 1.82) is 0 Å². The molecule has 0 aliphatic heterocycles. The highest BCUT2D eigenvalue weighted by Gasteiger charge is 2.13. The van der Waals surface area contributed by atoms with Gasteiger partial charge in [0, 0.05) is 24.2 Å². The van der Waals surface area contributed by atoms with Crippen LogP contribution in [-0.2, 0) is 11.3 Å². The molecule has 0 aliphatic carbocycles. The molecule has 0 saturated heterocycles. The normalized spacial score (nSPS) is 11.9. The zero-order valence-electron chi connectivity index (χ0n) is 14.6. The number of fused-ring (bicyclic) bond motifs is 1. The molecule has 26 heavy (non-hydrogen) atoms. The van der Waals surface area contributed by atoms with Crippen LogP contribution in [0.3, 0.4) is 0 Å². The van der Waals surface area contributed by atoms with Crippen molar-refractivity contribution in [2.24, 2.45) is 4.99 Å². The maximum atomic E-state index is 12.6. The first-order valence-electron chi connectivity index (χ1n) is 8.22. The fraction of sp³-hybridized carbons (Fsp3) is 0.263. The monoisotopic (exact) mass is 390 g/mol. The Labute approximate surface area is 160 Å². The second-order valence-corrected chi connectivity index (χ2v) is 6.94. The molecule has 0 unspecified atom stereocenters. The molecule has 0 atom stereocenters. The number of aromatic nitrogens is 1. The summed E-state index contributed by atoms with van der Waals surface area (Å²) in [6.07, 6.45) is 0. The van der Waals surface area contributed by atoms with E-state index in [1.807, 2.05) is 29.7 Å². The largest absolute Gasteiger partial charge is 0.492 e. The Morgan fingerprint density at radius 2 is 2.08 bits per heavy atom. The van der Waals surface area contributed by atoms with Crippen LogP contribution in [0.2, 0.25) is 5.02 Å². The van der Waals surface area contributed by atoms with Crippen molar-refractivity contribution >= 4 is 39.1 Å². The third-order valence-electron chi connectivity index (χ3n) is 3.75. The Hall–Kier alpha value is -2.15. The van der Waals surface area contributed by atoms with Gasteiger partial charge in [-0.1, -0.05) is 35.1 Å². The van der Waals surface area contributed by atoms with Crippen molar-refractivity contribution < 1.29 is 14.3 Å². The second kappa shape index (κ2) is 8.49. The van der Waals surface area contributed by atoms with Crippen molar-refractivity contribution in [2.45, 2.75) is 13.5 Å². The minimum absolute atomic E-state index is 0.330. The van der Waals surface area contributed by atoms with Gasteiger partial charge in [0.15, 0.2) is 4.80 Å². The molecule has 0 spiro atoms. The van der Waals surface area contributed by atoms with Crippen molar-refractivity contribution in [1.82, 2.24) is 4.57 Å². The maximum absolute atomic E-state index is 12.6. The van der Waals surface area contributed by atoms with Crippen LogP contribution in [0.4, 0.5) is 0 Å². The van der Waals surface area contributed by atoms with Gasteiger partial charge in [0.25, 0.3) is 5.91 Å². The first-order valence-corrected chi connectivity index (χ1v) is 9.42. The maximum Gasteiger partial charge on any atom is 0.279 e. The smallest absolute Gasteiger partial charge is 0.279 e. The molecule has 3 aromatic rings. The van der Waals surface area contributed by atoms with E-state index in [1.54, 1.807) is 31.4 Å². The Bertz CT molecular complexity index is 994. The van der Waals surface area contributed by atoms with Gasteiger partial charge in [-0.05, 0) is 37.3 Å². The topological polar surface area (TPSA) is 52.8 Å². The molecule has 0 N–H and O–H groups in total. The molecule has 0 bridgehead atoms. The lowest BCUT2D eigenvalue weighted by Crippen LogP contribution is -2.19. The summed E-state index contributed by atoms with van der Waals surface area (Å²) in [5.74, 6) is 0.442. The van der Waals surface area contributed by atoms with Gasteiger partial charge in [-0.25, -0.2) is 0 Å². The highest BCUT2D eigenvalue weighted by atomic mass is 35.5. The Balaban J connectivity index is 2.15. The summed E-state index contributed by atoms with van der Waals surface area (Å²) in [5, 5.41) is 0.508. The third kappa shape index (κ3) is 3.98. The number of para-hydroxylation sites is 1. The van der Waals surface area contributed by atoms with Crippen molar-refractivity contribution in [2.75, 3.05) is 20.3 Å². The number of benzene rings is 2. The molecule has 5 nitrogen and oxygen atoms in total. The predicted molar refractivity (Wildman–Crippen MR) is 104 cm³/mol. The zero-order valence-corrected chi connectivity index (χ0v) is 16.1. The van der Waals surface area contributed by atoms with E-state index in [4.69, 9.17) is 21.1 Å². The van der Waals surface area contributed by atoms with Crippen LogP contribution in [0.5, 0.6) is 5.75 Å². The van der Waals surface area contributed by atoms with Crippen molar-refractivity contribution in [3.63, 3.8) is 0 Å². The van der Waals surface area contributed by atoms with Crippen molar-refractivity contribution in [3.8, 4) is 5.75 Å². The summed E-state index contributed by atoms with van der Waals surface area (Å²) >= 11 is 7.43. The minimum atomic E-state index is -0.330. The van der Waals surface area contributed by atoms with Gasteiger partial charge in [0.05, 0.1) is 17.9 Å². The molecule has 136 valence electrons. The van der Waals surface area contributed by atoms with E-state index >= 15 is 0 Å². The number of thiazole rings is 1. The SMILES string of the molecule is CCOc1cccc2sc(=NC(=O)c3cccc(Cl)c3)n(CCOC)c12. The average Bonchev–Trinajstić information content (AvgIpc) is 2.98. The number of nitrogens with zero attached hydrogens (tertiary/aromatic N) is 2. The predicted octanol–water partition coefficient (Wildman–Crippen LogP) is 4.14. The van der Waals surface area contributed by atoms with E-state index in [-0.39, 0.29) is 5.91 Å². The molecule has 0 fully saturated rings. The number of amides is 1. The van der Waals surface area contributed by atoms with Gasteiger partial charge in [0.2, 0.25) is 0 Å². The summed E-state index contributed by atoms with van der Waals surface area (Å²) in [7, 11) is 1.65. The Kier molecular flexibility index (Phi) is 6.08. The standard InChI is InChI=1S/C19H19ClN2O3S/c1-3-25-15-8-5-9-16-17(15)22(10-11-24-2)19(26-16)21-18(23)13-6-4-7-14(20)12-13/h4-9,12H,3,10-11H2,1-2H3. The highest BCUT2D eigenvalue weighted by molar-refractivity contribution is 7.16. The average molecular weight is 391 g/mol. The summed E-state index contributed by atoms with van der Waals surface area (Å²) in [6, 6.07) is 12.6. The molecule has 0 saturated carbocycles. The summed E-state index contributed by atoms with van der Waals surface area (Å²) in [6.45, 7) is 3.58. The first kappa shape index (κ1) is 18.6. The van der Waals surface area contributed by atoms with E-state index in [2.05, 4.69) is 4.99 Å². The molecule has 7 heteroatoms. The number of rotatable bonds is 6. The summed E-state index contributed by atoms with van der Waals surface area (Å²) in [4.78, 5) is 17.5. The Morgan fingerprint density at radius 1 is 1.27 bits per heavy atom. The number of hydrogen-bond acceptors (Lipinski definition) is 4. The number of halogens is 1. The fourth-order valence-electron chi connectivity index (χ4n) is 2.62. The minimum Gasteiger partial charge on any atom is -0.492 e. The quantitative estimate of drug-likeness (QED) is 0.635. The third-order valence-corrected chi connectivity index (χ3v) is 5.03. The number of methoxy groups -OCH3 is 1. The van der Waals surface area contributed by atoms with E-state index in [1.165, 1.54) is 11.3 Å². The fourth-order valence-corrected chi connectivity index (χ4v) is 3.88. The van der Waals surface area contributed by atoms with Gasteiger partial charge >= 0.3 is 0 Å². The van der Waals surface area contributed by atoms with Crippen LogP contribution in [0.15, 0.2) is 47.5 Å². The molecular formula is C19H19ClN2O3S. The number of carbonyl (C=O) groups excluding carboxylic acids is 1. The molecule has 1 amide bonds. The molecule has 0 aliphatic rings. The van der Waals surface area contributed by atoms with Gasteiger partial charge in [-0.2, -0.15) is 4.99 Å². The van der Waals surface area contributed by atoms with Crippen LogP contribution in [0.1, 0.15) is 17.3 Å². The highest BCUT2D eigenvalue weighted by Crippen LogP contribution is 2.27. The molecular weight excluding hydrogens is 372 g/mol. The van der Waals surface area contributed by atoms with E-state index < -0.39 is 0 Å². The van der Waals surface area contributed by atoms with E-state index in [9.17, 15) is 4.79 Å². The first-order chi connectivity index (χ1) is 12.6. The van der Waals surface area contributed by atoms with Crippen LogP contribution < -0.4 is 9.54 Å². The van der Waals surface area contributed by atoms with E-state index in [0.29, 0.717) is 35.1 Å². The van der Waals surface area contributed by atoms with Crippen molar-refractivity contribution in [3.05, 3.63) is 57.9 Å². The molecule has 1 aromatic heterocycles. The van der Waals surface area contributed by atoms with Gasteiger partial charge in [-0.3, -0.25) is 4.79 Å². The van der Waals surface area contributed by atoms with E-state index in [0.717, 1.165) is 16.0 Å². The lowest BCUT2D eigenvalue weighted by Gasteiger charge is -2.09. The zero-order chi connectivity index (χ0) is 18.5. The summed E-state index contributed by atoms with van der Waals surface area (Å²) < 4.78 is 14.0. The van der Waals surface area contributed by atoms with Crippen LogP contribution >= 0.6 is 22.9 Å². The lowest BCUT2D eigenvalue weighted by atomic mass is 10.2. The van der Waals surface area contributed by atoms with Crippen LogP contribution in [0.25, 0.3) is 10.2 Å². The number of hydrogen-bond donors (Lipinski definition) is 0. The van der Waals surface area contributed by atoms with Gasteiger partial charge in [0.1, 0.15) is 11.3 Å². The summed E-state index contributed by atoms with van der Waals surface area (Å²) in [5.41, 5.74) is 1.38. The molecule has 0 radical (unpaired) electrons. The van der Waals surface area contributed by atoms with Crippen LogP contribution in [-0.4, -0.2) is 30.8 Å². The Morgan fingerprint density at radius 3 is 2.81 bits per heavy atom. The van der Waals surface area contributed by atoms with Gasteiger partial charge in [-0.15, -0.1) is 0 Å². The second-order valence-electron chi connectivity index (χ2n) is 5.49.